The lowest BCUT2D eigenvalue weighted by Crippen LogP contribution is -2.14. The molecule has 156 valence electrons. The zero-order chi connectivity index (χ0) is 21.7. The van der Waals surface area contributed by atoms with Gasteiger partial charge in [-0.15, -0.1) is 0 Å². The Bertz CT molecular complexity index is 1140. The van der Waals surface area contributed by atoms with Crippen LogP contribution in [0.5, 0.6) is 17.2 Å². The van der Waals surface area contributed by atoms with Gasteiger partial charge < -0.3 is 19.5 Å². The van der Waals surface area contributed by atoms with Crippen LogP contribution in [0.3, 0.4) is 0 Å². The molecule has 0 aliphatic rings. The lowest BCUT2D eigenvalue weighted by atomic mass is 10.2. The number of anilines is 1. The second-order valence-corrected chi connectivity index (χ2v) is 7.98. The summed E-state index contributed by atoms with van der Waals surface area (Å²) in [6, 6.07) is 13.6. The molecule has 3 aromatic rings. The van der Waals surface area contributed by atoms with Crippen molar-refractivity contribution in [3.8, 4) is 17.2 Å². The van der Waals surface area contributed by atoms with Gasteiger partial charge in [-0.2, -0.15) is 0 Å². The Morgan fingerprint density at radius 3 is 2.10 bits per heavy atom. The Morgan fingerprint density at radius 2 is 1.53 bits per heavy atom. The highest BCUT2D eigenvalue weighted by molar-refractivity contribution is 7.91. The topological polar surface area (TPSA) is 104 Å². The standard InChI is InChI=1S/C21H20N2O6S/c1-27-15-5-8-17(9-6-15)30(25,26)20-11-4-14(13-22-20)21(24)23-18-10-7-16(28-2)12-19(18)29-3/h4-13H,1-3H3,(H,23,24). The molecule has 1 N–H and O–H groups in total. The maximum Gasteiger partial charge on any atom is 0.257 e. The van der Waals surface area contributed by atoms with Crippen LogP contribution in [0.2, 0.25) is 0 Å². The molecule has 0 spiro atoms. The molecule has 1 amide bonds. The highest BCUT2D eigenvalue weighted by atomic mass is 32.2. The third-order valence-corrected chi connectivity index (χ3v) is 5.99. The number of hydrogen-bond donors (Lipinski definition) is 1. The van der Waals surface area contributed by atoms with Crippen molar-refractivity contribution in [2.45, 2.75) is 9.92 Å². The molecule has 30 heavy (non-hydrogen) atoms. The molecule has 0 unspecified atom stereocenters. The number of amides is 1. The number of methoxy groups -OCH3 is 3. The van der Waals surface area contributed by atoms with Crippen LogP contribution in [0.1, 0.15) is 10.4 Å². The molecule has 3 rings (SSSR count). The van der Waals surface area contributed by atoms with Gasteiger partial charge in [0, 0.05) is 12.3 Å². The SMILES string of the molecule is COc1ccc(S(=O)(=O)c2ccc(C(=O)Nc3ccc(OC)cc3OC)cn2)cc1. The number of nitrogens with one attached hydrogen (secondary N) is 1. The molecule has 9 heteroatoms. The molecule has 8 nitrogen and oxygen atoms in total. The Morgan fingerprint density at radius 1 is 0.867 bits per heavy atom. The number of sulfone groups is 1. The van der Waals surface area contributed by atoms with Crippen LogP contribution in [0.15, 0.2) is 70.7 Å². The second kappa shape index (κ2) is 8.83. The Balaban J connectivity index is 1.80. The predicted octanol–water partition coefficient (Wildman–Crippen LogP) is 3.19. The number of hydrogen-bond acceptors (Lipinski definition) is 7. The molecule has 0 fully saturated rings. The number of ether oxygens (including phenoxy) is 3. The van der Waals surface area contributed by atoms with E-state index in [9.17, 15) is 13.2 Å². The molecule has 0 aliphatic heterocycles. The Hall–Kier alpha value is -3.59. The van der Waals surface area contributed by atoms with Crippen LogP contribution >= 0.6 is 0 Å². The molecule has 0 aliphatic carbocycles. The number of pyridine rings is 1. The molecule has 2 aromatic carbocycles. The fourth-order valence-corrected chi connectivity index (χ4v) is 3.82. The summed E-state index contributed by atoms with van der Waals surface area (Å²) in [5, 5.41) is 2.55. The van der Waals surface area contributed by atoms with Crippen molar-refractivity contribution < 1.29 is 27.4 Å². The number of carbonyl (C=O) groups excluding carboxylic acids is 1. The highest BCUT2D eigenvalue weighted by Gasteiger charge is 2.20. The number of benzene rings is 2. The number of rotatable bonds is 7. The van der Waals surface area contributed by atoms with Gasteiger partial charge in [0.15, 0.2) is 5.03 Å². The summed E-state index contributed by atoms with van der Waals surface area (Å²) in [4.78, 5) is 16.6. The van der Waals surface area contributed by atoms with E-state index in [1.807, 2.05) is 0 Å². The zero-order valence-electron chi connectivity index (χ0n) is 16.6. The van der Waals surface area contributed by atoms with Crippen molar-refractivity contribution in [1.29, 1.82) is 0 Å². The van der Waals surface area contributed by atoms with E-state index in [-0.39, 0.29) is 15.5 Å². The smallest absolute Gasteiger partial charge is 0.257 e. The van der Waals surface area contributed by atoms with Crippen molar-refractivity contribution in [3.05, 3.63) is 66.4 Å². The van der Waals surface area contributed by atoms with Crippen molar-refractivity contribution in [2.24, 2.45) is 0 Å². The first-order chi connectivity index (χ1) is 14.4. The largest absolute Gasteiger partial charge is 0.497 e. The summed E-state index contributed by atoms with van der Waals surface area (Å²) in [5.74, 6) is 1.09. The normalized spacial score (nSPS) is 10.9. The van der Waals surface area contributed by atoms with Gasteiger partial charge in [0.25, 0.3) is 5.91 Å². The van der Waals surface area contributed by atoms with E-state index in [1.54, 1.807) is 30.3 Å². The minimum absolute atomic E-state index is 0.0796. The van der Waals surface area contributed by atoms with Crippen LogP contribution < -0.4 is 19.5 Å². The maximum atomic E-state index is 12.7. The summed E-state index contributed by atoms with van der Waals surface area (Å²) in [6.07, 6.45) is 1.21. The molecular weight excluding hydrogens is 408 g/mol. The summed E-state index contributed by atoms with van der Waals surface area (Å²) >= 11 is 0. The molecule has 0 saturated heterocycles. The third-order valence-electron chi connectivity index (χ3n) is 4.30. The number of carbonyl (C=O) groups is 1. The van der Waals surface area contributed by atoms with Gasteiger partial charge in [-0.25, -0.2) is 13.4 Å². The quantitative estimate of drug-likeness (QED) is 0.616. The lowest BCUT2D eigenvalue weighted by molar-refractivity contribution is 0.102. The Labute approximate surface area is 174 Å². The van der Waals surface area contributed by atoms with E-state index in [2.05, 4.69) is 10.3 Å². The van der Waals surface area contributed by atoms with Crippen LogP contribution in [-0.2, 0) is 9.84 Å². The van der Waals surface area contributed by atoms with Crippen molar-refractivity contribution in [2.75, 3.05) is 26.6 Å². The van der Waals surface area contributed by atoms with Crippen molar-refractivity contribution >= 4 is 21.4 Å². The van der Waals surface area contributed by atoms with Crippen LogP contribution in [0.25, 0.3) is 0 Å². The van der Waals surface area contributed by atoms with Gasteiger partial charge in [-0.3, -0.25) is 4.79 Å². The number of nitrogens with zero attached hydrogens (tertiary/aromatic N) is 1. The number of aromatic nitrogens is 1. The van der Waals surface area contributed by atoms with Gasteiger partial charge >= 0.3 is 0 Å². The highest BCUT2D eigenvalue weighted by Crippen LogP contribution is 2.29. The predicted molar refractivity (Wildman–Crippen MR) is 110 cm³/mol. The minimum Gasteiger partial charge on any atom is -0.497 e. The van der Waals surface area contributed by atoms with Crippen LogP contribution in [0, 0.1) is 0 Å². The van der Waals surface area contributed by atoms with E-state index in [0.29, 0.717) is 22.9 Å². The molecule has 1 aromatic heterocycles. The van der Waals surface area contributed by atoms with Gasteiger partial charge in [-0.1, -0.05) is 0 Å². The van der Waals surface area contributed by atoms with Crippen molar-refractivity contribution in [1.82, 2.24) is 4.98 Å². The second-order valence-electron chi connectivity index (χ2n) is 6.08. The third kappa shape index (κ3) is 4.36. The van der Waals surface area contributed by atoms with Gasteiger partial charge in [0.05, 0.1) is 37.5 Å². The maximum absolute atomic E-state index is 12.7. The summed E-state index contributed by atoms with van der Waals surface area (Å²) in [7, 11) is 0.685. The molecule has 0 atom stereocenters. The monoisotopic (exact) mass is 428 g/mol. The average Bonchev–Trinajstić information content (AvgIpc) is 2.79. The average molecular weight is 428 g/mol. The first kappa shape index (κ1) is 21.1. The van der Waals surface area contributed by atoms with Crippen molar-refractivity contribution in [3.63, 3.8) is 0 Å². The minimum atomic E-state index is -3.82. The van der Waals surface area contributed by atoms with E-state index >= 15 is 0 Å². The first-order valence-electron chi connectivity index (χ1n) is 8.77. The fourth-order valence-electron chi connectivity index (χ4n) is 2.65. The summed E-state index contributed by atoms with van der Waals surface area (Å²) in [6.45, 7) is 0. The summed E-state index contributed by atoms with van der Waals surface area (Å²) in [5.41, 5.74) is 0.639. The molecule has 0 saturated carbocycles. The van der Waals surface area contributed by atoms with Crippen LogP contribution in [-0.4, -0.2) is 40.6 Å². The Kier molecular flexibility index (Phi) is 6.22. The van der Waals surface area contributed by atoms with Gasteiger partial charge in [0.2, 0.25) is 9.84 Å². The molecule has 1 heterocycles. The van der Waals surface area contributed by atoms with E-state index in [1.165, 1.54) is 51.8 Å². The van der Waals surface area contributed by atoms with Crippen LogP contribution in [0.4, 0.5) is 5.69 Å². The van der Waals surface area contributed by atoms with E-state index in [4.69, 9.17) is 14.2 Å². The van der Waals surface area contributed by atoms with Gasteiger partial charge in [0.1, 0.15) is 17.2 Å². The van der Waals surface area contributed by atoms with E-state index in [0.717, 1.165) is 0 Å². The zero-order valence-corrected chi connectivity index (χ0v) is 17.4. The van der Waals surface area contributed by atoms with Gasteiger partial charge in [-0.05, 0) is 48.5 Å². The summed E-state index contributed by atoms with van der Waals surface area (Å²) < 4.78 is 40.9. The molecule has 0 bridgehead atoms. The molecule has 0 radical (unpaired) electrons. The first-order valence-corrected chi connectivity index (χ1v) is 10.3. The lowest BCUT2D eigenvalue weighted by Gasteiger charge is -2.12. The fraction of sp³-hybridized carbons (Fsp3) is 0.143. The molecular formula is C21H20N2O6S. The van der Waals surface area contributed by atoms with E-state index < -0.39 is 15.7 Å².